The third-order valence-electron chi connectivity index (χ3n) is 2.80. The number of rotatable bonds is 2. The van der Waals surface area contributed by atoms with E-state index in [9.17, 15) is 13.2 Å². The zero-order valence-corrected chi connectivity index (χ0v) is 9.85. The summed E-state index contributed by atoms with van der Waals surface area (Å²) in [6.07, 6.45) is -1.36. The monoisotopic (exact) mass is 266 g/mol. The van der Waals surface area contributed by atoms with E-state index < -0.39 is 17.2 Å². The van der Waals surface area contributed by atoms with Crippen molar-refractivity contribution >= 4 is 11.3 Å². The predicted molar refractivity (Wildman–Crippen MR) is 57.6 cm³/mol. The minimum atomic E-state index is -4.38. The van der Waals surface area contributed by atoms with Crippen LogP contribution < -0.4 is 5.73 Å². The Bertz CT molecular complexity index is 374. The first-order valence-corrected chi connectivity index (χ1v) is 6.16. The molecule has 1 fully saturated rings. The van der Waals surface area contributed by atoms with Crippen molar-refractivity contribution in [3.63, 3.8) is 0 Å². The number of nitrogens with two attached hydrogens (primary N) is 1. The summed E-state index contributed by atoms with van der Waals surface area (Å²) in [5.74, 6) is 0.0882. The number of hydrogen-bond donors (Lipinski definition) is 1. The van der Waals surface area contributed by atoms with E-state index in [1.54, 1.807) is 0 Å². The van der Waals surface area contributed by atoms with Gasteiger partial charge in [0.1, 0.15) is 0 Å². The van der Waals surface area contributed by atoms with E-state index in [1.807, 2.05) is 0 Å². The standard InChI is InChI=1S/C10H13F3N2OS/c11-10(12,13)9-15-4-7(17-9)8(14)6-2-1-3-16-5-6/h4,6,8H,1-3,5,14H2. The van der Waals surface area contributed by atoms with Gasteiger partial charge >= 0.3 is 6.18 Å². The molecule has 1 saturated heterocycles. The third-order valence-corrected chi connectivity index (χ3v) is 3.94. The van der Waals surface area contributed by atoms with Crippen LogP contribution in [-0.2, 0) is 10.9 Å². The van der Waals surface area contributed by atoms with Crippen molar-refractivity contribution in [2.45, 2.75) is 25.1 Å². The molecule has 0 saturated carbocycles. The molecule has 2 N–H and O–H groups in total. The van der Waals surface area contributed by atoms with Crippen LogP contribution in [0.25, 0.3) is 0 Å². The summed E-state index contributed by atoms with van der Waals surface area (Å²) < 4.78 is 42.4. The number of aromatic nitrogens is 1. The maximum Gasteiger partial charge on any atom is 0.443 e. The lowest BCUT2D eigenvalue weighted by Crippen LogP contribution is -2.28. The molecule has 2 unspecified atom stereocenters. The van der Waals surface area contributed by atoms with Gasteiger partial charge in [-0.05, 0) is 12.8 Å². The lowest BCUT2D eigenvalue weighted by atomic mass is 9.94. The fraction of sp³-hybridized carbons (Fsp3) is 0.700. The molecule has 0 spiro atoms. The second kappa shape index (κ2) is 4.91. The molecule has 0 aromatic carbocycles. The molecule has 1 aliphatic rings. The van der Waals surface area contributed by atoms with Gasteiger partial charge in [0.05, 0.1) is 6.61 Å². The Morgan fingerprint density at radius 3 is 2.82 bits per heavy atom. The van der Waals surface area contributed by atoms with E-state index >= 15 is 0 Å². The molecule has 0 amide bonds. The van der Waals surface area contributed by atoms with Crippen LogP contribution in [-0.4, -0.2) is 18.2 Å². The highest BCUT2D eigenvalue weighted by molar-refractivity contribution is 7.11. The van der Waals surface area contributed by atoms with Gasteiger partial charge in [0.2, 0.25) is 0 Å². The molecule has 0 aliphatic carbocycles. The van der Waals surface area contributed by atoms with Gasteiger partial charge in [0.15, 0.2) is 5.01 Å². The molecule has 3 nitrogen and oxygen atoms in total. The van der Waals surface area contributed by atoms with Crippen LogP contribution in [0.2, 0.25) is 0 Å². The first kappa shape index (κ1) is 12.8. The molecule has 0 bridgehead atoms. The third kappa shape index (κ3) is 2.97. The zero-order valence-electron chi connectivity index (χ0n) is 9.04. The molecule has 7 heteroatoms. The number of alkyl halides is 3. The van der Waals surface area contributed by atoms with Gasteiger partial charge in [-0.3, -0.25) is 0 Å². The lowest BCUT2D eigenvalue weighted by molar-refractivity contribution is -0.137. The second-order valence-electron chi connectivity index (χ2n) is 4.07. The average molecular weight is 266 g/mol. The fourth-order valence-corrected chi connectivity index (χ4v) is 2.73. The number of halogens is 3. The Morgan fingerprint density at radius 1 is 1.53 bits per heavy atom. The molecule has 17 heavy (non-hydrogen) atoms. The lowest BCUT2D eigenvalue weighted by Gasteiger charge is -2.26. The van der Waals surface area contributed by atoms with Crippen molar-refractivity contribution in [2.75, 3.05) is 13.2 Å². The molecule has 1 aromatic heterocycles. The maximum atomic E-state index is 12.4. The Kier molecular flexibility index (Phi) is 3.70. The van der Waals surface area contributed by atoms with Gasteiger partial charge in [-0.1, -0.05) is 0 Å². The molecule has 1 aromatic rings. The van der Waals surface area contributed by atoms with E-state index in [0.717, 1.165) is 12.8 Å². The van der Waals surface area contributed by atoms with Crippen LogP contribution in [0.15, 0.2) is 6.20 Å². The first-order valence-electron chi connectivity index (χ1n) is 5.34. The van der Waals surface area contributed by atoms with Crippen LogP contribution in [0.3, 0.4) is 0 Å². The van der Waals surface area contributed by atoms with E-state index in [4.69, 9.17) is 10.5 Å². The Hall–Kier alpha value is -0.660. The summed E-state index contributed by atoms with van der Waals surface area (Å²) in [7, 11) is 0. The molecule has 96 valence electrons. The van der Waals surface area contributed by atoms with Gasteiger partial charge in [0, 0.05) is 29.6 Å². The average Bonchev–Trinajstić information content (AvgIpc) is 2.78. The molecule has 2 heterocycles. The Labute approximate surface area is 101 Å². The molecule has 2 rings (SSSR count). The van der Waals surface area contributed by atoms with Crippen molar-refractivity contribution in [3.8, 4) is 0 Å². The summed E-state index contributed by atoms with van der Waals surface area (Å²) in [4.78, 5) is 3.86. The zero-order chi connectivity index (χ0) is 12.5. The summed E-state index contributed by atoms with van der Waals surface area (Å²) >= 11 is 0.625. The van der Waals surface area contributed by atoms with Crippen molar-refractivity contribution in [2.24, 2.45) is 11.7 Å². The highest BCUT2D eigenvalue weighted by atomic mass is 32.1. The minimum Gasteiger partial charge on any atom is -0.381 e. The van der Waals surface area contributed by atoms with Gasteiger partial charge in [-0.15, -0.1) is 11.3 Å². The van der Waals surface area contributed by atoms with Crippen molar-refractivity contribution in [3.05, 3.63) is 16.1 Å². The van der Waals surface area contributed by atoms with Crippen molar-refractivity contribution in [1.82, 2.24) is 4.98 Å². The largest absolute Gasteiger partial charge is 0.443 e. The number of hydrogen-bond acceptors (Lipinski definition) is 4. The Morgan fingerprint density at radius 2 is 2.29 bits per heavy atom. The van der Waals surface area contributed by atoms with E-state index in [2.05, 4.69) is 4.98 Å². The topological polar surface area (TPSA) is 48.1 Å². The molecular formula is C10H13F3N2OS. The van der Waals surface area contributed by atoms with E-state index in [-0.39, 0.29) is 5.92 Å². The SMILES string of the molecule is NC(c1cnc(C(F)(F)F)s1)C1CCCOC1. The molecular weight excluding hydrogens is 253 g/mol. The second-order valence-corrected chi connectivity index (χ2v) is 5.13. The molecule has 0 radical (unpaired) electrons. The normalized spacial score (nSPS) is 23.6. The van der Waals surface area contributed by atoms with Gasteiger partial charge in [0.25, 0.3) is 0 Å². The Balaban J connectivity index is 2.08. The van der Waals surface area contributed by atoms with Crippen LogP contribution in [0.4, 0.5) is 13.2 Å². The summed E-state index contributed by atoms with van der Waals surface area (Å²) in [5, 5.41) is -0.834. The minimum absolute atomic E-state index is 0.0882. The molecule has 1 aliphatic heterocycles. The summed E-state index contributed by atoms with van der Waals surface area (Å²) in [5.41, 5.74) is 5.95. The first-order chi connectivity index (χ1) is 7.98. The summed E-state index contributed by atoms with van der Waals surface area (Å²) in [6.45, 7) is 1.22. The van der Waals surface area contributed by atoms with Gasteiger partial charge in [-0.25, -0.2) is 4.98 Å². The number of thiazole rings is 1. The molecule has 2 atom stereocenters. The van der Waals surface area contributed by atoms with Crippen molar-refractivity contribution in [1.29, 1.82) is 0 Å². The van der Waals surface area contributed by atoms with Crippen LogP contribution in [0, 0.1) is 5.92 Å². The summed E-state index contributed by atoms with van der Waals surface area (Å²) in [6, 6.07) is -0.413. The van der Waals surface area contributed by atoms with Gasteiger partial charge < -0.3 is 10.5 Å². The smallest absolute Gasteiger partial charge is 0.381 e. The van der Waals surface area contributed by atoms with E-state index in [0.29, 0.717) is 29.4 Å². The van der Waals surface area contributed by atoms with Gasteiger partial charge in [-0.2, -0.15) is 13.2 Å². The fourth-order valence-electron chi connectivity index (χ4n) is 1.85. The number of nitrogens with zero attached hydrogens (tertiary/aromatic N) is 1. The maximum absolute atomic E-state index is 12.4. The van der Waals surface area contributed by atoms with Crippen LogP contribution >= 0.6 is 11.3 Å². The quantitative estimate of drug-likeness (QED) is 0.895. The van der Waals surface area contributed by atoms with Crippen molar-refractivity contribution < 1.29 is 17.9 Å². The number of ether oxygens (including phenoxy) is 1. The van der Waals surface area contributed by atoms with Crippen LogP contribution in [0.5, 0.6) is 0 Å². The van der Waals surface area contributed by atoms with Crippen LogP contribution in [0.1, 0.15) is 28.8 Å². The van der Waals surface area contributed by atoms with E-state index in [1.165, 1.54) is 6.20 Å². The predicted octanol–water partition coefficient (Wildman–Crippen LogP) is 2.59. The highest BCUT2D eigenvalue weighted by Crippen LogP contribution is 2.36. The highest BCUT2D eigenvalue weighted by Gasteiger charge is 2.35.